The number of hydrogen-bond donors (Lipinski definition) is 2. The van der Waals surface area contributed by atoms with Crippen LogP contribution in [0.2, 0.25) is 0 Å². The van der Waals surface area contributed by atoms with Crippen LogP contribution in [0.5, 0.6) is 0 Å². The fourth-order valence-corrected chi connectivity index (χ4v) is 3.68. The van der Waals surface area contributed by atoms with Crippen molar-refractivity contribution in [3.63, 3.8) is 0 Å². The van der Waals surface area contributed by atoms with Crippen LogP contribution in [-0.4, -0.2) is 23.3 Å². The molecule has 3 nitrogen and oxygen atoms in total. The zero-order valence-electron chi connectivity index (χ0n) is 15.2. The highest BCUT2D eigenvalue weighted by Crippen LogP contribution is 2.42. The van der Waals surface area contributed by atoms with Gasteiger partial charge in [-0.3, -0.25) is 0 Å². The Bertz CT molecular complexity index is 644. The average Bonchev–Trinajstić information content (AvgIpc) is 2.97. The van der Waals surface area contributed by atoms with E-state index >= 15 is 0 Å². The van der Waals surface area contributed by atoms with Crippen LogP contribution in [0.4, 0.5) is 0 Å². The molecule has 1 aliphatic rings. The number of ether oxygens (including phenoxy) is 1. The predicted molar refractivity (Wildman–Crippen MR) is 97.1 cm³/mol. The minimum absolute atomic E-state index is 0.152. The van der Waals surface area contributed by atoms with E-state index in [0.717, 1.165) is 19.4 Å². The molecule has 2 aromatic rings. The van der Waals surface area contributed by atoms with Gasteiger partial charge in [0.2, 0.25) is 0 Å². The molecule has 128 valence electrons. The van der Waals surface area contributed by atoms with Crippen LogP contribution in [0.25, 0.3) is 10.9 Å². The zero-order valence-corrected chi connectivity index (χ0v) is 15.2. The van der Waals surface area contributed by atoms with Gasteiger partial charge in [-0.05, 0) is 29.9 Å². The molecule has 0 saturated carbocycles. The van der Waals surface area contributed by atoms with E-state index in [1.165, 1.54) is 27.7 Å². The molecular weight excluding hydrogens is 286 g/mol. The van der Waals surface area contributed by atoms with Crippen LogP contribution in [0.15, 0.2) is 18.2 Å². The maximum absolute atomic E-state index is 9.46. The van der Waals surface area contributed by atoms with Gasteiger partial charge in [0.15, 0.2) is 0 Å². The fraction of sp³-hybridized carbons (Fsp3) is 0.600. The van der Waals surface area contributed by atoms with Gasteiger partial charge in [0, 0.05) is 23.9 Å². The van der Waals surface area contributed by atoms with Gasteiger partial charge in [-0.1, -0.05) is 52.8 Å². The lowest BCUT2D eigenvalue weighted by molar-refractivity contribution is -0.0795. The second-order valence-electron chi connectivity index (χ2n) is 6.32. The Morgan fingerprint density at radius 3 is 2.65 bits per heavy atom. The molecule has 1 unspecified atom stereocenters. The molecule has 0 bridgehead atoms. The summed E-state index contributed by atoms with van der Waals surface area (Å²) in [5.41, 5.74) is 4.83. The summed E-state index contributed by atoms with van der Waals surface area (Å²) in [6.07, 6.45) is 2.48. The molecule has 3 rings (SSSR count). The molecule has 1 aromatic carbocycles. The first-order valence-corrected chi connectivity index (χ1v) is 9.01. The maximum Gasteiger partial charge on any atom is 0.110 e. The SMILES string of the molecule is CC.CCC1(CCO)OCCc2c1[nH]c1c(C(C)C)cccc21. The van der Waals surface area contributed by atoms with Crippen molar-refractivity contribution < 1.29 is 9.84 Å². The molecule has 0 aliphatic carbocycles. The van der Waals surface area contributed by atoms with E-state index in [2.05, 4.69) is 44.0 Å². The largest absolute Gasteiger partial charge is 0.396 e. The molecule has 1 atom stereocenters. The summed E-state index contributed by atoms with van der Waals surface area (Å²) in [5.74, 6) is 0.489. The number of fused-ring (bicyclic) bond motifs is 3. The van der Waals surface area contributed by atoms with Gasteiger partial charge in [0.1, 0.15) is 5.60 Å². The van der Waals surface area contributed by atoms with Crippen molar-refractivity contribution in [3.8, 4) is 0 Å². The van der Waals surface area contributed by atoms with Gasteiger partial charge < -0.3 is 14.8 Å². The van der Waals surface area contributed by atoms with Crippen molar-refractivity contribution in [2.24, 2.45) is 0 Å². The number of nitrogens with one attached hydrogen (secondary N) is 1. The van der Waals surface area contributed by atoms with Crippen LogP contribution in [0, 0.1) is 0 Å². The van der Waals surface area contributed by atoms with Gasteiger partial charge in [-0.2, -0.15) is 0 Å². The van der Waals surface area contributed by atoms with Gasteiger partial charge in [0.05, 0.1) is 12.3 Å². The summed E-state index contributed by atoms with van der Waals surface area (Å²) < 4.78 is 6.12. The molecule has 0 saturated heterocycles. The fourth-order valence-electron chi connectivity index (χ4n) is 3.68. The smallest absolute Gasteiger partial charge is 0.110 e. The van der Waals surface area contributed by atoms with Crippen LogP contribution in [-0.2, 0) is 16.8 Å². The molecule has 23 heavy (non-hydrogen) atoms. The van der Waals surface area contributed by atoms with Crippen LogP contribution in [0.1, 0.15) is 70.2 Å². The third kappa shape index (κ3) is 3.05. The standard InChI is InChI=1S/C18H25NO2.C2H6/c1-4-18(9-10-20)17-15(8-11-21-18)14-7-5-6-13(12(2)3)16(14)19-17;1-2/h5-7,12,19-20H,4,8-11H2,1-3H3;1-2H3. The van der Waals surface area contributed by atoms with E-state index < -0.39 is 0 Å². The predicted octanol–water partition coefficient (Wildman–Crippen LogP) is 4.88. The Morgan fingerprint density at radius 2 is 2.04 bits per heavy atom. The lowest BCUT2D eigenvalue weighted by Gasteiger charge is -2.36. The number of hydrogen-bond acceptors (Lipinski definition) is 2. The molecule has 3 heteroatoms. The number of rotatable bonds is 4. The minimum atomic E-state index is -0.352. The Kier molecular flexibility index (Phi) is 5.88. The van der Waals surface area contributed by atoms with Gasteiger partial charge >= 0.3 is 0 Å². The molecule has 0 spiro atoms. The Hall–Kier alpha value is -1.32. The first-order valence-electron chi connectivity index (χ1n) is 9.01. The number of aromatic nitrogens is 1. The average molecular weight is 317 g/mol. The summed E-state index contributed by atoms with van der Waals surface area (Å²) in [6, 6.07) is 6.57. The highest BCUT2D eigenvalue weighted by atomic mass is 16.5. The third-order valence-corrected chi connectivity index (χ3v) is 4.87. The van der Waals surface area contributed by atoms with E-state index in [1.54, 1.807) is 0 Å². The third-order valence-electron chi connectivity index (χ3n) is 4.87. The number of aromatic amines is 1. The van der Waals surface area contributed by atoms with Gasteiger partial charge in [-0.15, -0.1) is 0 Å². The van der Waals surface area contributed by atoms with E-state index in [1.807, 2.05) is 13.8 Å². The highest BCUT2D eigenvalue weighted by Gasteiger charge is 2.38. The van der Waals surface area contributed by atoms with Crippen molar-refractivity contribution >= 4 is 10.9 Å². The lowest BCUT2D eigenvalue weighted by atomic mass is 9.86. The molecule has 1 aromatic heterocycles. The number of H-pyrrole nitrogens is 1. The molecule has 0 amide bonds. The summed E-state index contributed by atoms with van der Waals surface area (Å²) in [5, 5.41) is 10.8. The molecule has 0 radical (unpaired) electrons. The number of aliphatic hydroxyl groups is 1. The van der Waals surface area contributed by atoms with Gasteiger partial charge in [0.25, 0.3) is 0 Å². The summed E-state index contributed by atoms with van der Waals surface area (Å²) in [4.78, 5) is 3.66. The van der Waals surface area contributed by atoms with E-state index in [4.69, 9.17) is 4.74 Å². The monoisotopic (exact) mass is 317 g/mol. The highest BCUT2D eigenvalue weighted by molar-refractivity contribution is 5.88. The maximum atomic E-state index is 9.46. The van der Waals surface area contributed by atoms with E-state index in [9.17, 15) is 5.11 Å². The number of para-hydroxylation sites is 1. The molecule has 2 N–H and O–H groups in total. The van der Waals surface area contributed by atoms with Crippen LogP contribution < -0.4 is 0 Å². The first kappa shape index (κ1) is 18.0. The lowest BCUT2D eigenvalue weighted by Crippen LogP contribution is -2.36. The van der Waals surface area contributed by atoms with Crippen molar-refractivity contribution in [3.05, 3.63) is 35.0 Å². The molecule has 2 heterocycles. The number of aliphatic hydroxyl groups excluding tert-OH is 1. The first-order chi connectivity index (χ1) is 11.1. The minimum Gasteiger partial charge on any atom is -0.396 e. The topological polar surface area (TPSA) is 45.2 Å². The Balaban J connectivity index is 0.000000924. The van der Waals surface area contributed by atoms with Crippen molar-refractivity contribution in [1.82, 2.24) is 4.98 Å². The molecule has 1 aliphatic heterocycles. The van der Waals surface area contributed by atoms with Crippen LogP contribution >= 0.6 is 0 Å². The molecular formula is C20H31NO2. The van der Waals surface area contributed by atoms with E-state index in [-0.39, 0.29) is 12.2 Å². The molecule has 0 fully saturated rings. The second kappa shape index (κ2) is 7.50. The van der Waals surface area contributed by atoms with Crippen molar-refractivity contribution in [1.29, 1.82) is 0 Å². The zero-order chi connectivity index (χ0) is 17.0. The Morgan fingerprint density at radius 1 is 1.30 bits per heavy atom. The summed E-state index contributed by atoms with van der Waals surface area (Å²) in [7, 11) is 0. The van der Waals surface area contributed by atoms with Gasteiger partial charge in [-0.25, -0.2) is 0 Å². The van der Waals surface area contributed by atoms with Crippen molar-refractivity contribution in [2.45, 2.75) is 65.4 Å². The quantitative estimate of drug-likeness (QED) is 0.844. The van der Waals surface area contributed by atoms with Crippen molar-refractivity contribution in [2.75, 3.05) is 13.2 Å². The summed E-state index contributed by atoms with van der Waals surface area (Å²) in [6.45, 7) is 11.5. The summed E-state index contributed by atoms with van der Waals surface area (Å²) >= 11 is 0. The number of benzene rings is 1. The van der Waals surface area contributed by atoms with E-state index in [0.29, 0.717) is 12.3 Å². The Labute approximate surface area is 140 Å². The second-order valence-corrected chi connectivity index (χ2v) is 6.32. The normalized spacial score (nSPS) is 20.3. The van der Waals surface area contributed by atoms with Crippen LogP contribution in [0.3, 0.4) is 0 Å².